The second-order valence-electron chi connectivity index (χ2n) is 9.71. The standard InChI is InChI=1S/C29H28N2/c1-28(2,3)25-16-22(15-21-13-9-10-14-23(21)25)27-17-24(20-11-7-6-8-12-20)26(18-31-27)29(4,5)19-30/h6-18H,1-5H3. The van der Waals surface area contributed by atoms with Crippen molar-refractivity contribution >= 4 is 10.8 Å². The number of aromatic nitrogens is 1. The summed E-state index contributed by atoms with van der Waals surface area (Å²) in [5.74, 6) is 0. The van der Waals surface area contributed by atoms with Crippen molar-refractivity contribution in [3.8, 4) is 28.5 Å². The highest BCUT2D eigenvalue weighted by atomic mass is 14.7. The number of nitriles is 1. The molecule has 2 nitrogen and oxygen atoms in total. The van der Waals surface area contributed by atoms with Crippen LogP contribution in [0.25, 0.3) is 33.2 Å². The maximum Gasteiger partial charge on any atom is 0.0787 e. The van der Waals surface area contributed by atoms with Crippen LogP contribution in [0.3, 0.4) is 0 Å². The van der Waals surface area contributed by atoms with E-state index in [0.717, 1.165) is 27.9 Å². The Bertz CT molecular complexity index is 1290. The van der Waals surface area contributed by atoms with Gasteiger partial charge >= 0.3 is 0 Å². The Morgan fingerprint density at radius 2 is 1.42 bits per heavy atom. The Balaban J connectivity index is 1.98. The summed E-state index contributed by atoms with van der Waals surface area (Å²) < 4.78 is 0. The lowest BCUT2D eigenvalue weighted by Gasteiger charge is -2.24. The molecule has 4 rings (SSSR count). The largest absolute Gasteiger partial charge is 0.256 e. The first-order valence-corrected chi connectivity index (χ1v) is 10.7. The zero-order valence-corrected chi connectivity index (χ0v) is 18.9. The van der Waals surface area contributed by atoms with Gasteiger partial charge in [-0.15, -0.1) is 0 Å². The van der Waals surface area contributed by atoms with E-state index in [0.29, 0.717) is 0 Å². The second kappa shape index (κ2) is 7.67. The molecule has 1 aromatic heterocycles. The smallest absolute Gasteiger partial charge is 0.0787 e. The van der Waals surface area contributed by atoms with Crippen LogP contribution < -0.4 is 0 Å². The van der Waals surface area contributed by atoms with E-state index in [-0.39, 0.29) is 5.41 Å². The number of rotatable bonds is 3. The van der Waals surface area contributed by atoms with Crippen molar-refractivity contribution in [1.29, 1.82) is 5.26 Å². The van der Waals surface area contributed by atoms with Gasteiger partial charge in [-0.05, 0) is 70.5 Å². The molecular formula is C29H28N2. The third-order valence-electron chi connectivity index (χ3n) is 5.91. The molecule has 0 radical (unpaired) electrons. The highest BCUT2D eigenvalue weighted by molar-refractivity contribution is 5.91. The average Bonchev–Trinajstić information content (AvgIpc) is 2.78. The summed E-state index contributed by atoms with van der Waals surface area (Å²) >= 11 is 0. The lowest BCUT2D eigenvalue weighted by atomic mass is 9.81. The fraction of sp³-hybridized carbons (Fsp3) is 0.241. The maximum absolute atomic E-state index is 9.77. The fourth-order valence-electron chi connectivity index (χ4n) is 4.11. The van der Waals surface area contributed by atoms with E-state index in [2.05, 4.69) is 81.4 Å². The summed E-state index contributed by atoms with van der Waals surface area (Å²) in [6, 6.07) is 27.9. The lowest BCUT2D eigenvalue weighted by molar-refractivity contribution is 0.596. The van der Waals surface area contributed by atoms with E-state index in [1.165, 1.54) is 16.3 Å². The molecule has 0 spiro atoms. The molecule has 0 aliphatic carbocycles. The Kier molecular flexibility index (Phi) is 5.15. The Morgan fingerprint density at radius 3 is 2.10 bits per heavy atom. The molecule has 4 aromatic rings. The predicted octanol–water partition coefficient (Wildman–Crippen LogP) is 7.67. The molecule has 0 N–H and O–H groups in total. The molecule has 2 heteroatoms. The van der Waals surface area contributed by atoms with Gasteiger partial charge in [0.2, 0.25) is 0 Å². The molecule has 1 heterocycles. The van der Waals surface area contributed by atoms with Crippen LogP contribution in [0.15, 0.2) is 79.0 Å². The molecule has 154 valence electrons. The van der Waals surface area contributed by atoms with Gasteiger partial charge in [-0.3, -0.25) is 4.98 Å². The lowest BCUT2D eigenvalue weighted by Crippen LogP contribution is -2.16. The molecule has 0 aliphatic heterocycles. The first kappa shape index (κ1) is 20.8. The van der Waals surface area contributed by atoms with Crippen LogP contribution in [0.5, 0.6) is 0 Å². The van der Waals surface area contributed by atoms with Gasteiger partial charge in [-0.1, -0.05) is 75.4 Å². The van der Waals surface area contributed by atoms with E-state index in [4.69, 9.17) is 4.98 Å². The third kappa shape index (κ3) is 3.97. The molecule has 31 heavy (non-hydrogen) atoms. The molecule has 0 unspecified atom stereocenters. The van der Waals surface area contributed by atoms with Crippen molar-refractivity contribution in [3.05, 3.63) is 90.1 Å². The molecule has 0 amide bonds. The fourth-order valence-corrected chi connectivity index (χ4v) is 4.11. The number of hydrogen-bond donors (Lipinski definition) is 0. The quantitative estimate of drug-likeness (QED) is 0.351. The van der Waals surface area contributed by atoms with E-state index in [1.807, 2.05) is 38.2 Å². The maximum atomic E-state index is 9.77. The highest BCUT2D eigenvalue weighted by Crippen LogP contribution is 2.38. The third-order valence-corrected chi connectivity index (χ3v) is 5.91. The second-order valence-corrected chi connectivity index (χ2v) is 9.71. The number of nitrogens with zero attached hydrogens (tertiary/aromatic N) is 2. The van der Waals surface area contributed by atoms with Crippen molar-refractivity contribution in [2.45, 2.75) is 45.4 Å². The van der Waals surface area contributed by atoms with Crippen LogP contribution in [0.4, 0.5) is 0 Å². The first-order chi connectivity index (χ1) is 14.7. The van der Waals surface area contributed by atoms with Gasteiger partial charge in [-0.25, -0.2) is 0 Å². The van der Waals surface area contributed by atoms with Crippen LogP contribution in [0.1, 0.15) is 45.7 Å². The predicted molar refractivity (Wildman–Crippen MR) is 130 cm³/mol. The number of benzene rings is 3. The summed E-state index contributed by atoms with van der Waals surface area (Å²) in [5, 5.41) is 12.3. The summed E-state index contributed by atoms with van der Waals surface area (Å²) in [5.41, 5.74) is 5.82. The van der Waals surface area contributed by atoms with Crippen molar-refractivity contribution < 1.29 is 0 Å². The summed E-state index contributed by atoms with van der Waals surface area (Å²) in [6.45, 7) is 10.6. The SMILES string of the molecule is CC(C)(C)c1cc(-c2cc(-c3ccccc3)c(C(C)(C)C#N)cn2)cc2ccccc12. The van der Waals surface area contributed by atoms with Crippen molar-refractivity contribution in [2.75, 3.05) is 0 Å². The van der Waals surface area contributed by atoms with Crippen LogP contribution >= 0.6 is 0 Å². The topological polar surface area (TPSA) is 36.7 Å². The van der Waals surface area contributed by atoms with Gasteiger partial charge in [0.05, 0.1) is 17.2 Å². The van der Waals surface area contributed by atoms with Crippen molar-refractivity contribution in [3.63, 3.8) is 0 Å². The monoisotopic (exact) mass is 404 g/mol. The Hall–Kier alpha value is -3.44. The molecule has 3 aromatic carbocycles. The highest BCUT2D eigenvalue weighted by Gasteiger charge is 2.25. The summed E-state index contributed by atoms with van der Waals surface area (Å²) in [4.78, 5) is 4.83. The average molecular weight is 405 g/mol. The molecule has 0 saturated carbocycles. The van der Waals surface area contributed by atoms with Gasteiger partial charge < -0.3 is 0 Å². The molecule has 0 aliphatic rings. The summed E-state index contributed by atoms with van der Waals surface area (Å²) in [6.07, 6.45) is 1.88. The Morgan fingerprint density at radius 1 is 0.742 bits per heavy atom. The van der Waals surface area contributed by atoms with Crippen LogP contribution in [0, 0.1) is 11.3 Å². The minimum atomic E-state index is -0.628. The molecule has 0 saturated heterocycles. The molecule has 0 bridgehead atoms. The van der Waals surface area contributed by atoms with Crippen LogP contribution in [-0.2, 0) is 10.8 Å². The van der Waals surface area contributed by atoms with E-state index < -0.39 is 5.41 Å². The minimum absolute atomic E-state index is 0.0145. The van der Waals surface area contributed by atoms with Crippen molar-refractivity contribution in [2.24, 2.45) is 0 Å². The zero-order valence-electron chi connectivity index (χ0n) is 18.9. The van der Waals surface area contributed by atoms with Crippen LogP contribution in [-0.4, -0.2) is 4.98 Å². The van der Waals surface area contributed by atoms with E-state index >= 15 is 0 Å². The number of hydrogen-bond acceptors (Lipinski definition) is 2. The molecular weight excluding hydrogens is 376 g/mol. The first-order valence-electron chi connectivity index (χ1n) is 10.7. The Labute approximate surface area is 185 Å². The minimum Gasteiger partial charge on any atom is -0.256 e. The summed E-state index contributed by atoms with van der Waals surface area (Å²) in [7, 11) is 0. The van der Waals surface area contributed by atoms with Gasteiger partial charge in [-0.2, -0.15) is 5.26 Å². The van der Waals surface area contributed by atoms with Crippen LogP contribution in [0.2, 0.25) is 0 Å². The van der Waals surface area contributed by atoms with E-state index in [1.54, 1.807) is 0 Å². The van der Waals surface area contributed by atoms with Gasteiger partial charge in [0.25, 0.3) is 0 Å². The normalized spacial score (nSPS) is 12.0. The number of pyridine rings is 1. The molecule has 0 fully saturated rings. The van der Waals surface area contributed by atoms with Crippen molar-refractivity contribution in [1.82, 2.24) is 4.98 Å². The van der Waals surface area contributed by atoms with Gasteiger partial charge in [0.15, 0.2) is 0 Å². The van der Waals surface area contributed by atoms with E-state index in [9.17, 15) is 5.26 Å². The van der Waals surface area contributed by atoms with Gasteiger partial charge in [0.1, 0.15) is 0 Å². The molecule has 0 atom stereocenters. The van der Waals surface area contributed by atoms with Gasteiger partial charge in [0, 0.05) is 11.8 Å². The zero-order chi connectivity index (χ0) is 22.2. The number of fused-ring (bicyclic) bond motifs is 1.